The number of carbonyl (C=O) groups is 1. The molecule has 3 rings (SSSR count). The van der Waals surface area contributed by atoms with E-state index in [1.807, 2.05) is 30.3 Å². The van der Waals surface area contributed by atoms with Gasteiger partial charge >= 0.3 is 5.97 Å². The smallest absolute Gasteiger partial charge is 0.337 e. The van der Waals surface area contributed by atoms with Crippen LogP contribution in [0.5, 0.6) is 5.75 Å². The van der Waals surface area contributed by atoms with Crippen LogP contribution in [0.1, 0.15) is 10.4 Å². The molecular formula is C15H12N4O3. The first kappa shape index (κ1) is 13.7. The lowest BCUT2D eigenvalue weighted by Gasteiger charge is -2.09. The topological polar surface area (TPSA) is 90.1 Å². The molecule has 0 aliphatic heterocycles. The zero-order valence-electron chi connectivity index (χ0n) is 11.7. The van der Waals surface area contributed by atoms with Crippen LogP contribution in [0.25, 0.3) is 16.8 Å². The van der Waals surface area contributed by atoms with Crippen molar-refractivity contribution in [1.82, 2.24) is 20.2 Å². The largest absolute Gasteiger partial charge is 0.497 e. The Morgan fingerprint density at radius 2 is 2.00 bits per heavy atom. The molecule has 1 aromatic heterocycles. The lowest BCUT2D eigenvalue weighted by molar-refractivity contribution is 0.0697. The van der Waals surface area contributed by atoms with Crippen LogP contribution in [-0.2, 0) is 0 Å². The fraction of sp³-hybridized carbons (Fsp3) is 0.0667. The Balaban J connectivity index is 2.11. The molecule has 110 valence electrons. The molecule has 0 saturated heterocycles. The van der Waals surface area contributed by atoms with Gasteiger partial charge in [0.25, 0.3) is 0 Å². The van der Waals surface area contributed by atoms with Crippen molar-refractivity contribution in [2.75, 3.05) is 7.11 Å². The zero-order valence-corrected chi connectivity index (χ0v) is 11.7. The van der Waals surface area contributed by atoms with E-state index < -0.39 is 5.97 Å². The molecule has 22 heavy (non-hydrogen) atoms. The predicted octanol–water partition coefficient (Wildman–Crippen LogP) is 2.04. The third-order valence-electron chi connectivity index (χ3n) is 3.23. The van der Waals surface area contributed by atoms with Crippen molar-refractivity contribution in [3.05, 3.63) is 54.4 Å². The highest BCUT2D eigenvalue weighted by Crippen LogP contribution is 2.27. The fourth-order valence-corrected chi connectivity index (χ4v) is 2.16. The highest BCUT2D eigenvalue weighted by atomic mass is 16.5. The van der Waals surface area contributed by atoms with E-state index in [4.69, 9.17) is 4.74 Å². The number of carboxylic acids is 1. The number of tetrazole rings is 1. The van der Waals surface area contributed by atoms with E-state index in [9.17, 15) is 9.90 Å². The second kappa shape index (κ2) is 5.65. The predicted molar refractivity (Wildman–Crippen MR) is 78.1 cm³/mol. The van der Waals surface area contributed by atoms with Gasteiger partial charge in [-0.3, -0.25) is 0 Å². The summed E-state index contributed by atoms with van der Waals surface area (Å²) in [6.45, 7) is 0. The molecule has 7 nitrogen and oxygen atoms in total. The summed E-state index contributed by atoms with van der Waals surface area (Å²) in [5, 5.41) is 20.2. The number of nitrogens with zero attached hydrogens (tertiary/aromatic N) is 4. The van der Waals surface area contributed by atoms with Gasteiger partial charge in [-0.25, -0.2) is 4.79 Å². The van der Waals surface area contributed by atoms with Gasteiger partial charge in [0, 0.05) is 0 Å². The minimum atomic E-state index is -1.05. The molecule has 0 radical (unpaired) electrons. The van der Waals surface area contributed by atoms with E-state index in [2.05, 4.69) is 15.5 Å². The van der Waals surface area contributed by atoms with E-state index in [-0.39, 0.29) is 5.56 Å². The van der Waals surface area contributed by atoms with Crippen molar-refractivity contribution < 1.29 is 14.6 Å². The number of methoxy groups -OCH3 is 1. The summed E-state index contributed by atoms with van der Waals surface area (Å²) in [4.78, 5) is 11.5. The molecule has 3 aromatic rings. The highest BCUT2D eigenvalue weighted by molar-refractivity contribution is 5.93. The number of aromatic carboxylic acids is 1. The minimum absolute atomic E-state index is 0.118. The SMILES string of the molecule is COc1cccc(-c2ccc(-n3cnnn3)c(C(=O)O)c2)c1. The Morgan fingerprint density at radius 3 is 2.68 bits per heavy atom. The van der Waals surface area contributed by atoms with Crippen LogP contribution in [-0.4, -0.2) is 38.4 Å². The first-order valence-corrected chi connectivity index (χ1v) is 6.44. The Morgan fingerprint density at radius 1 is 1.18 bits per heavy atom. The molecule has 0 aliphatic carbocycles. The molecule has 7 heteroatoms. The molecule has 2 aromatic carbocycles. The van der Waals surface area contributed by atoms with E-state index in [0.29, 0.717) is 11.4 Å². The van der Waals surface area contributed by atoms with Crippen molar-refractivity contribution in [1.29, 1.82) is 0 Å². The van der Waals surface area contributed by atoms with Gasteiger partial charge in [-0.2, -0.15) is 4.68 Å². The summed E-state index contributed by atoms with van der Waals surface area (Å²) in [5.74, 6) is -0.339. The molecule has 0 saturated carbocycles. The maximum absolute atomic E-state index is 11.5. The van der Waals surface area contributed by atoms with Crippen molar-refractivity contribution in [2.24, 2.45) is 0 Å². The van der Waals surface area contributed by atoms with E-state index >= 15 is 0 Å². The molecule has 0 aliphatic rings. The quantitative estimate of drug-likeness (QED) is 0.792. The Kier molecular flexibility index (Phi) is 3.53. The Labute approximate surface area is 125 Å². The van der Waals surface area contributed by atoms with E-state index in [1.54, 1.807) is 19.2 Å². The number of carboxylic acid groups (broad SMARTS) is 1. The second-order valence-corrected chi connectivity index (χ2v) is 4.52. The van der Waals surface area contributed by atoms with Crippen LogP contribution in [0, 0.1) is 0 Å². The summed E-state index contributed by atoms with van der Waals surface area (Å²) in [6.07, 6.45) is 1.35. The number of hydrogen-bond acceptors (Lipinski definition) is 5. The first-order valence-electron chi connectivity index (χ1n) is 6.44. The Hall–Kier alpha value is -3.22. The molecule has 1 N–H and O–H groups in total. The van der Waals surface area contributed by atoms with Gasteiger partial charge < -0.3 is 9.84 Å². The number of rotatable bonds is 4. The molecular weight excluding hydrogens is 284 g/mol. The van der Waals surface area contributed by atoms with Crippen LogP contribution in [0.3, 0.4) is 0 Å². The van der Waals surface area contributed by atoms with Gasteiger partial charge in [-0.1, -0.05) is 18.2 Å². The summed E-state index contributed by atoms with van der Waals surface area (Å²) in [5.41, 5.74) is 2.16. The Bertz CT molecular complexity index is 815. The average Bonchev–Trinajstić information content (AvgIpc) is 3.08. The normalized spacial score (nSPS) is 10.4. The second-order valence-electron chi connectivity index (χ2n) is 4.52. The van der Waals surface area contributed by atoms with Crippen molar-refractivity contribution in [3.8, 4) is 22.6 Å². The maximum atomic E-state index is 11.5. The van der Waals surface area contributed by atoms with Crippen molar-refractivity contribution >= 4 is 5.97 Å². The van der Waals surface area contributed by atoms with Gasteiger partial charge in [-0.05, 0) is 45.8 Å². The number of hydrogen-bond donors (Lipinski definition) is 1. The molecule has 0 unspecified atom stereocenters. The summed E-state index contributed by atoms with van der Waals surface area (Å²) in [6, 6.07) is 12.5. The van der Waals surface area contributed by atoms with E-state index in [0.717, 1.165) is 11.1 Å². The lowest BCUT2D eigenvalue weighted by Crippen LogP contribution is -2.06. The first-order chi connectivity index (χ1) is 10.7. The lowest BCUT2D eigenvalue weighted by atomic mass is 10.0. The van der Waals surface area contributed by atoms with E-state index in [1.165, 1.54) is 11.0 Å². The standard InChI is InChI=1S/C15H12N4O3/c1-22-12-4-2-3-10(7-12)11-5-6-14(13(8-11)15(20)21)19-9-16-17-18-19/h2-9H,1H3,(H,20,21). The van der Waals surface area contributed by atoms with Crippen LogP contribution in [0.2, 0.25) is 0 Å². The summed E-state index contributed by atoms with van der Waals surface area (Å²) < 4.78 is 6.51. The maximum Gasteiger partial charge on any atom is 0.337 e. The third kappa shape index (κ3) is 2.51. The van der Waals surface area contributed by atoms with Crippen LogP contribution in [0.4, 0.5) is 0 Å². The van der Waals surface area contributed by atoms with Crippen LogP contribution >= 0.6 is 0 Å². The van der Waals surface area contributed by atoms with Gasteiger partial charge in [0.05, 0.1) is 18.4 Å². The number of benzene rings is 2. The number of aromatic nitrogens is 4. The molecule has 0 spiro atoms. The van der Waals surface area contributed by atoms with Crippen molar-refractivity contribution in [2.45, 2.75) is 0 Å². The zero-order chi connectivity index (χ0) is 15.5. The molecule has 1 heterocycles. The summed E-state index contributed by atoms with van der Waals surface area (Å²) in [7, 11) is 1.59. The molecule has 0 amide bonds. The van der Waals surface area contributed by atoms with Gasteiger partial charge in [0.1, 0.15) is 12.1 Å². The average molecular weight is 296 g/mol. The van der Waals surface area contributed by atoms with Crippen LogP contribution in [0.15, 0.2) is 48.8 Å². The van der Waals surface area contributed by atoms with Gasteiger partial charge in [0.15, 0.2) is 0 Å². The minimum Gasteiger partial charge on any atom is -0.497 e. The molecule has 0 bridgehead atoms. The van der Waals surface area contributed by atoms with Gasteiger partial charge in [0.2, 0.25) is 0 Å². The molecule has 0 atom stereocenters. The molecule has 0 fully saturated rings. The third-order valence-corrected chi connectivity index (χ3v) is 3.23. The number of ether oxygens (including phenoxy) is 1. The van der Waals surface area contributed by atoms with Crippen LogP contribution < -0.4 is 4.74 Å². The highest BCUT2D eigenvalue weighted by Gasteiger charge is 2.14. The monoisotopic (exact) mass is 296 g/mol. The summed E-state index contributed by atoms with van der Waals surface area (Å²) >= 11 is 0. The fourth-order valence-electron chi connectivity index (χ4n) is 2.16. The van der Waals surface area contributed by atoms with Crippen molar-refractivity contribution in [3.63, 3.8) is 0 Å². The van der Waals surface area contributed by atoms with Gasteiger partial charge in [-0.15, -0.1) is 5.10 Å².